The van der Waals surface area contributed by atoms with E-state index in [9.17, 15) is 9.59 Å². The molecule has 0 aliphatic rings. The summed E-state index contributed by atoms with van der Waals surface area (Å²) in [6, 6.07) is 18.3. The third kappa shape index (κ3) is 3.70. The lowest BCUT2D eigenvalue weighted by molar-refractivity contribution is -0.114. The summed E-state index contributed by atoms with van der Waals surface area (Å²) < 4.78 is 1.94. The van der Waals surface area contributed by atoms with Crippen LogP contribution in [0.25, 0.3) is 5.69 Å². The fourth-order valence-corrected chi connectivity index (χ4v) is 2.40. The molecule has 24 heavy (non-hydrogen) atoms. The maximum atomic E-state index is 12.5. The van der Waals surface area contributed by atoms with E-state index < -0.39 is 0 Å². The van der Waals surface area contributed by atoms with Gasteiger partial charge in [0.2, 0.25) is 5.91 Å². The van der Waals surface area contributed by atoms with Crippen LogP contribution in [0.5, 0.6) is 0 Å². The molecule has 5 heteroatoms. The lowest BCUT2D eigenvalue weighted by atomic mass is 10.1. The number of anilines is 2. The Bertz CT molecular complexity index is 870. The highest BCUT2D eigenvalue weighted by Crippen LogP contribution is 2.17. The van der Waals surface area contributed by atoms with Crippen LogP contribution in [-0.2, 0) is 4.79 Å². The van der Waals surface area contributed by atoms with Crippen LogP contribution in [0.1, 0.15) is 17.3 Å². The Labute approximate surface area is 139 Å². The van der Waals surface area contributed by atoms with Gasteiger partial charge in [-0.25, -0.2) is 0 Å². The number of carbonyl (C=O) groups is 2. The van der Waals surface area contributed by atoms with Gasteiger partial charge >= 0.3 is 0 Å². The number of carbonyl (C=O) groups excluding carboxylic acids is 2. The van der Waals surface area contributed by atoms with Gasteiger partial charge in [-0.2, -0.15) is 0 Å². The molecule has 3 rings (SSSR count). The first-order valence-electron chi connectivity index (χ1n) is 7.54. The molecule has 0 aliphatic carbocycles. The van der Waals surface area contributed by atoms with Crippen LogP contribution >= 0.6 is 0 Å². The molecule has 1 aromatic heterocycles. The Morgan fingerprint density at radius 3 is 2.21 bits per heavy atom. The maximum Gasteiger partial charge on any atom is 0.255 e. The fraction of sp³-hybridized carbons (Fsp3) is 0.0526. The number of nitrogens with zero attached hydrogens (tertiary/aromatic N) is 1. The first kappa shape index (κ1) is 15.6. The Hall–Kier alpha value is -3.34. The Balaban J connectivity index is 1.78. The fourth-order valence-electron chi connectivity index (χ4n) is 2.40. The van der Waals surface area contributed by atoms with Crippen molar-refractivity contribution in [1.29, 1.82) is 0 Å². The lowest BCUT2D eigenvalue weighted by Gasteiger charge is -2.09. The van der Waals surface area contributed by atoms with Gasteiger partial charge in [-0.1, -0.05) is 12.1 Å². The van der Waals surface area contributed by atoms with Gasteiger partial charge in [-0.15, -0.1) is 0 Å². The molecule has 0 saturated heterocycles. The summed E-state index contributed by atoms with van der Waals surface area (Å²) >= 11 is 0. The first-order valence-corrected chi connectivity index (χ1v) is 7.54. The van der Waals surface area contributed by atoms with Crippen molar-refractivity contribution in [3.63, 3.8) is 0 Å². The summed E-state index contributed by atoms with van der Waals surface area (Å²) in [5.74, 6) is -0.359. The third-order valence-electron chi connectivity index (χ3n) is 3.45. The van der Waals surface area contributed by atoms with E-state index in [1.165, 1.54) is 6.92 Å². The maximum absolute atomic E-state index is 12.5. The number of hydrogen-bond acceptors (Lipinski definition) is 2. The highest BCUT2D eigenvalue weighted by Gasteiger charge is 2.08. The SMILES string of the molecule is CC(=O)Nc1cccc(NC(=O)c2cccc(-n3cccc3)c2)c1. The highest BCUT2D eigenvalue weighted by molar-refractivity contribution is 6.05. The van der Waals surface area contributed by atoms with E-state index in [1.54, 1.807) is 30.3 Å². The molecule has 2 amide bonds. The Morgan fingerprint density at radius 2 is 1.50 bits per heavy atom. The van der Waals surface area contributed by atoms with E-state index in [0.717, 1.165) is 5.69 Å². The Kier molecular flexibility index (Phi) is 4.43. The molecule has 0 aliphatic heterocycles. The number of hydrogen-bond donors (Lipinski definition) is 2. The van der Waals surface area contributed by atoms with Crippen LogP contribution in [0.15, 0.2) is 73.1 Å². The second kappa shape index (κ2) is 6.83. The van der Waals surface area contributed by atoms with Gasteiger partial charge < -0.3 is 15.2 Å². The largest absolute Gasteiger partial charge is 0.326 e. The average molecular weight is 319 g/mol. The quantitative estimate of drug-likeness (QED) is 0.770. The zero-order valence-corrected chi connectivity index (χ0v) is 13.2. The van der Waals surface area contributed by atoms with Crippen LogP contribution in [0, 0.1) is 0 Å². The number of rotatable bonds is 4. The van der Waals surface area contributed by atoms with Crippen molar-refractivity contribution in [2.24, 2.45) is 0 Å². The number of aromatic nitrogens is 1. The zero-order chi connectivity index (χ0) is 16.9. The minimum atomic E-state index is -0.205. The van der Waals surface area contributed by atoms with E-state index in [-0.39, 0.29) is 11.8 Å². The van der Waals surface area contributed by atoms with Gasteiger partial charge in [0.1, 0.15) is 0 Å². The van der Waals surface area contributed by atoms with E-state index in [4.69, 9.17) is 0 Å². The number of benzene rings is 2. The van der Waals surface area contributed by atoms with Crippen molar-refractivity contribution in [3.8, 4) is 5.69 Å². The summed E-state index contributed by atoms with van der Waals surface area (Å²) in [7, 11) is 0. The summed E-state index contributed by atoms with van der Waals surface area (Å²) in [4.78, 5) is 23.6. The molecule has 0 spiro atoms. The van der Waals surface area contributed by atoms with Crippen molar-refractivity contribution in [2.75, 3.05) is 10.6 Å². The third-order valence-corrected chi connectivity index (χ3v) is 3.45. The number of nitrogens with one attached hydrogen (secondary N) is 2. The summed E-state index contributed by atoms with van der Waals surface area (Å²) in [6.45, 7) is 1.44. The van der Waals surface area contributed by atoms with Crippen molar-refractivity contribution in [2.45, 2.75) is 6.92 Å². The zero-order valence-electron chi connectivity index (χ0n) is 13.2. The minimum absolute atomic E-state index is 0.155. The molecule has 5 nitrogen and oxygen atoms in total. The van der Waals surface area contributed by atoms with Crippen LogP contribution in [-0.4, -0.2) is 16.4 Å². The summed E-state index contributed by atoms with van der Waals surface area (Å²) in [6.07, 6.45) is 3.85. The van der Waals surface area contributed by atoms with Gasteiger partial charge in [-0.3, -0.25) is 9.59 Å². The molecule has 0 atom stereocenters. The van der Waals surface area contributed by atoms with Crippen LogP contribution in [0.2, 0.25) is 0 Å². The predicted molar refractivity (Wildman–Crippen MR) is 94.5 cm³/mol. The van der Waals surface area contributed by atoms with Gasteiger partial charge in [0.05, 0.1) is 0 Å². The monoisotopic (exact) mass is 319 g/mol. The van der Waals surface area contributed by atoms with Crippen molar-refractivity contribution in [3.05, 3.63) is 78.6 Å². The van der Waals surface area contributed by atoms with E-state index in [0.29, 0.717) is 16.9 Å². The molecular formula is C19H17N3O2. The van der Waals surface area contributed by atoms with Crippen molar-refractivity contribution >= 4 is 23.2 Å². The van der Waals surface area contributed by atoms with Gasteiger partial charge in [0, 0.05) is 41.9 Å². The second-order valence-electron chi connectivity index (χ2n) is 5.36. The lowest BCUT2D eigenvalue weighted by Crippen LogP contribution is -2.13. The molecule has 2 aromatic carbocycles. The molecular weight excluding hydrogens is 302 g/mol. The highest BCUT2D eigenvalue weighted by atomic mass is 16.2. The molecule has 0 radical (unpaired) electrons. The minimum Gasteiger partial charge on any atom is -0.326 e. The first-order chi connectivity index (χ1) is 11.6. The molecule has 1 heterocycles. The Morgan fingerprint density at radius 1 is 0.833 bits per heavy atom. The molecule has 0 fully saturated rings. The summed E-state index contributed by atoms with van der Waals surface area (Å²) in [5.41, 5.74) is 2.74. The van der Waals surface area contributed by atoms with Crippen LogP contribution < -0.4 is 10.6 Å². The smallest absolute Gasteiger partial charge is 0.255 e. The average Bonchev–Trinajstić information content (AvgIpc) is 3.09. The van der Waals surface area contributed by atoms with E-state index >= 15 is 0 Å². The standard InChI is InChI=1S/C19H17N3O2/c1-14(23)20-16-7-5-8-17(13-16)21-19(24)15-6-4-9-18(12-15)22-10-2-3-11-22/h2-13H,1H3,(H,20,23)(H,21,24). The normalized spacial score (nSPS) is 10.2. The van der Waals surface area contributed by atoms with Crippen molar-refractivity contribution < 1.29 is 9.59 Å². The molecule has 2 N–H and O–H groups in total. The van der Waals surface area contributed by atoms with Crippen LogP contribution in [0.3, 0.4) is 0 Å². The van der Waals surface area contributed by atoms with Gasteiger partial charge in [0.25, 0.3) is 5.91 Å². The van der Waals surface area contributed by atoms with Crippen LogP contribution in [0.4, 0.5) is 11.4 Å². The van der Waals surface area contributed by atoms with E-state index in [1.807, 2.05) is 47.3 Å². The number of amides is 2. The second-order valence-corrected chi connectivity index (χ2v) is 5.36. The topological polar surface area (TPSA) is 63.1 Å². The van der Waals surface area contributed by atoms with Crippen molar-refractivity contribution in [1.82, 2.24) is 4.57 Å². The molecule has 0 unspecified atom stereocenters. The molecule has 0 bridgehead atoms. The summed E-state index contributed by atoms with van der Waals surface area (Å²) in [5, 5.41) is 5.54. The molecule has 0 saturated carbocycles. The molecule has 3 aromatic rings. The predicted octanol–water partition coefficient (Wildman–Crippen LogP) is 3.69. The molecule has 120 valence electrons. The van der Waals surface area contributed by atoms with Gasteiger partial charge in [0.15, 0.2) is 0 Å². The van der Waals surface area contributed by atoms with E-state index in [2.05, 4.69) is 10.6 Å². The van der Waals surface area contributed by atoms with Gasteiger partial charge in [-0.05, 0) is 48.5 Å².